The summed E-state index contributed by atoms with van der Waals surface area (Å²) in [4.78, 5) is 6.61. The normalized spacial score (nSPS) is 15.5. The van der Waals surface area contributed by atoms with Gasteiger partial charge in [-0.1, -0.05) is 12.1 Å². The van der Waals surface area contributed by atoms with Crippen LogP contribution in [0.5, 0.6) is 0 Å². The molecule has 1 fully saturated rings. The van der Waals surface area contributed by atoms with Gasteiger partial charge in [0.05, 0.1) is 6.20 Å². The molecule has 0 spiro atoms. The minimum atomic E-state index is -0.298. The number of halogens is 1. The Labute approximate surface area is 110 Å². The van der Waals surface area contributed by atoms with Crippen molar-refractivity contribution in [3.8, 4) is 11.4 Å². The summed E-state index contributed by atoms with van der Waals surface area (Å²) >= 11 is 0. The molecule has 1 saturated heterocycles. The van der Waals surface area contributed by atoms with Gasteiger partial charge in [-0.2, -0.15) is 5.10 Å². The number of aromatic nitrogens is 3. The van der Waals surface area contributed by atoms with Crippen molar-refractivity contribution in [3.63, 3.8) is 0 Å². The average molecular weight is 259 g/mol. The molecular weight excluding hydrogens is 245 g/mol. The number of hydrogen-bond acceptors (Lipinski definition) is 5. The maximum atomic E-state index is 13.2. The van der Waals surface area contributed by atoms with Crippen LogP contribution in [-0.2, 0) is 0 Å². The Morgan fingerprint density at radius 1 is 1.21 bits per heavy atom. The molecule has 1 aromatic heterocycles. The van der Waals surface area contributed by atoms with Crippen LogP contribution < -0.4 is 10.2 Å². The Hall–Kier alpha value is -2.08. The third-order valence-corrected chi connectivity index (χ3v) is 3.07. The molecule has 6 heteroatoms. The molecule has 1 aliphatic heterocycles. The van der Waals surface area contributed by atoms with Crippen molar-refractivity contribution < 1.29 is 4.39 Å². The molecule has 5 nitrogen and oxygen atoms in total. The first-order chi connectivity index (χ1) is 9.33. The lowest BCUT2D eigenvalue weighted by Gasteiger charge is -2.27. The Morgan fingerprint density at radius 3 is 2.84 bits per heavy atom. The van der Waals surface area contributed by atoms with E-state index in [0.29, 0.717) is 11.4 Å². The van der Waals surface area contributed by atoms with E-state index in [1.54, 1.807) is 18.3 Å². The van der Waals surface area contributed by atoms with E-state index in [1.807, 2.05) is 0 Å². The minimum Gasteiger partial charge on any atom is -0.353 e. The van der Waals surface area contributed by atoms with E-state index in [9.17, 15) is 4.39 Å². The number of nitrogens with zero attached hydrogens (tertiary/aromatic N) is 4. The zero-order valence-electron chi connectivity index (χ0n) is 10.4. The molecule has 1 aromatic carbocycles. The Bertz CT molecular complexity index is 568. The minimum absolute atomic E-state index is 0.298. The van der Waals surface area contributed by atoms with Crippen LogP contribution >= 0.6 is 0 Å². The van der Waals surface area contributed by atoms with Crippen LogP contribution in [0.25, 0.3) is 11.4 Å². The maximum Gasteiger partial charge on any atom is 0.183 e. The summed E-state index contributed by atoms with van der Waals surface area (Å²) in [7, 11) is 0. The van der Waals surface area contributed by atoms with E-state index in [-0.39, 0.29) is 5.82 Å². The van der Waals surface area contributed by atoms with Crippen molar-refractivity contribution in [1.82, 2.24) is 20.5 Å². The Morgan fingerprint density at radius 2 is 2.05 bits per heavy atom. The van der Waals surface area contributed by atoms with Crippen LogP contribution in [0.2, 0.25) is 0 Å². The predicted molar refractivity (Wildman–Crippen MR) is 70.3 cm³/mol. The molecule has 98 valence electrons. The first kappa shape index (κ1) is 12.0. The second-order valence-corrected chi connectivity index (χ2v) is 4.39. The lowest BCUT2D eigenvalue weighted by molar-refractivity contribution is 0.583. The highest BCUT2D eigenvalue weighted by atomic mass is 19.1. The average Bonchev–Trinajstić information content (AvgIpc) is 2.48. The summed E-state index contributed by atoms with van der Waals surface area (Å²) in [5.74, 6) is 0.944. The van der Waals surface area contributed by atoms with Gasteiger partial charge in [0, 0.05) is 31.7 Å². The van der Waals surface area contributed by atoms with Gasteiger partial charge in [-0.3, -0.25) is 0 Å². The summed E-state index contributed by atoms with van der Waals surface area (Å²) in [6.07, 6.45) is 1.65. The fourth-order valence-corrected chi connectivity index (χ4v) is 2.09. The monoisotopic (exact) mass is 259 g/mol. The molecule has 2 heterocycles. The van der Waals surface area contributed by atoms with Gasteiger partial charge in [0.25, 0.3) is 0 Å². The van der Waals surface area contributed by atoms with Gasteiger partial charge in [-0.25, -0.2) is 9.37 Å². The number of anilines is 1. The summed E-state index contributed by atoms with van der Waals surface area (Å²) in [5.41, 5.74) is 0.643. The lowest BCUT2D eigenvalue weighted by Crippen LogP contribution is -2.44. The van der Waals surface area contributed by atoms with Gasteiger partial charge in [-0.15, -0.1) is 5.10 Å². The highest BCUT2D eigenvalue weighted by Gasteiger charge is 2.13. The molecule has 1 aliphatic rings. The second-order valence-electron chi connectivity index (χ2n) is 4.39. The summed E-state index contributed by atoms with van der Waals surface area (Å²) in [5, 5.41) is 11.2. The molecule has 19 heavy (non-hydrogen) atoms. The van der Waals surface area contributed by atoms with Crippen LogP contribution in [-0.4, -0.2) is 41.4 Å². The zero-order valence-corrected chi connectivity index (χ0v) is 10.4. The molecule has 0 amide bonds. The van der Waals surface area contributed by atoms with Gasteiger partial charge < -0.3 is 10.2 Å². The predicted octanol–water partition coefficient (Wildman–Crippen LogP) is 1.09. The van der Waals surface area contributed by atoms with Gasteiger partial charge in [0.2, 0.25) is 0 Å². The first-order valence-electron chi connectivity index (χ1n) is 6.24. The van der Waals surface area contributed by atoms with E-state index >= 15 is 0 Å². The third-order valence-electron chi connectivity index (χ3n) is 3.07. The van der Waals surface area contributed by atoms with Crippen molar-refractivity contribution in [3.05, 3.63) is 36.3 Å². The molecule has 3 rings (SSSR count). The lowest BCUT2D eigenvalue weighted by atomic mass is 10.2. The molecule has 0 bridgehead atoms. The number of rotatable bonds is 2. The highest BCUT2D eigenvalue weighted by Crippen LogP contribution is 2.18. The number of hydrogen-bond donors (Lipinski definition) is 1. The first-order valence-corrected chi connectivity index (χ1v) is 6.24. The molecule has 0 unspecified atom stereocenters. The molecule has 0 saturated carbocycles. The Kier molecular flexibility index (Phi) is 3.33. The molecule has 0 radical (unpaired) electrons. The molecule has 2 aromatic rings. The summed E-state index contributed by atoms with van der Waals surface area (Å²) in [6, 6.07) is 6.24. The van der Waals surface area contributed by atoms with Crippen molar-refractivity contribution in [2.24, 2.45) is 0 Å². The summed E-state index contributed by atoms with van der Waals surface area (Å²) in [6.45, 7) is 3.64. The topological polar surface area (TPSA) is 53.9 Å². The number of benzene rings is 1. The van der Waals surface area contributed by atoms with Crippen molar-refractivity contribution in [1.29, 1.82) is 0 Å². The number of piperazine rings is 1. The van der Waals surface area contributed by atoms with Gasteiger partial charge in [0.15, 0.2) is 11.6 Å². The summed E-state index contributed by atoms with van der Waals surface area (Å²) < 4.78 is 13.2. The standard InChI is InChI=1S/C13H14FN5/c14-11-3-1-2-10(8-11)13-17-12(9-16-18-13)19-6-4-15-5-7-19/h1-3,8-9,15H,4-7H2. The quantitative estimate of drug-likeness (QED) is 0.875. The van der Waals surface area contributed by atoms with Crippen molar-refractivity contribution in [2.45, 2.75) is 0 Å². The molecular formula is C13H14FN5. The van der Waals surface area contributed by atoms with E-state index in [1.165, 1.54) is 12.1 Å². The second kappa shape index (κ2) is 5.27. The maximum absolute atomic E-state index is 13.2. The Balaban J connectivity index is 1.91. The third kappa shape index (κ3) is 2.68. The van der Waals surface area contributed by atoms with Crippen LogP contribution in [0.1, 0.15) is 0 Å². The smallest absolute Gasteiger partial charge is 0.183 e. The van der Waals surface area contributed by atoms with Crippen LogP contribution in [0.15, 0.2) is 30.5 Å². The van der Waals surface area contributed by atoms with Crippen molar-refractivity contribution in [2.75, 3.05) is 31.1 Å². The van der Waals surface area contributed by atoms with E-state index < -0.39 is 0 Å². The molecule has 0 atom stereocenters. The van der Waals surface area contributed by atoms with Crippen LogP contribution in [0, 0.1) is 5.82 Å². The van der Waals surface area contributed by atoms with Crippen LogP contribution in [0.4, 0.5) is 10.2 Å². The van der Waals surface area contributed by atoms with E-state index in [2.05, 4.69) is 25.4 Å². The van der Waals surface area contributed by atoms with E-state index in [4.69, 9.17) is 0 Å². The SMILES string of the molecule is Fc1cccc(-c2nncc(N3CCNCC3)n2)c1. The number of nitrogens with one attached hydrogen (secondary N) is 1. The van der Waals surface area contributed by atoms with Crippen molar-refractivity contribution >= 4 is 5.82 Å². The molecule has 1 N–H and O–H groups in total. The van der Waals surface area contributed by atoms with Crippen LogP contribution in [0.3, 0.4) is 0 Å². The van der Waals surface area contributed by atoms with Gasteiger partial charge >= 0.3 is 0 Å². The fraction of sp³-hybridized carbons (Fsp3) is 0.308. The largest absolute Gasteiger partial charge is 0.353 e. The fourth-order valence-electron chi connectivity index (χ4n) is 2.09. The zero-order chi connectivity index (χ0) is 13.1. The molecule has 0 aliphatic carbocycles. The van der Waals surface area contributed by atoms with Gasteiger partial charge in [-0.05, 0) is 12.1 Å². The van der Waals surface area contributed by atoms with Gasteiger partial charge in [0.1, 0.15) is 5.82 Å². The van der Waals surface area contributed by atoms with E-state index in [0.717, 1.165) is 32.0 Å². The highest BCUT2D eigenvalue weighted by molar-refractivity contribution is 5.56.